The van der Waals surface area contributed by atoms with Crippen LogP contribution >= 0.6 is 23.4 Å². The molecule has 0 heterocycles. The molecule has 5 heteroatoms. The molecule has 0 amide bonds. The SMILES string of the molecule is CSCCC(C)N(C)C(CN)c1ccc(Cl)c(F)c1. The fourth-order valence-electron chi connectivity index (χ4n) is 2.06. The zero-order chi connectivity index (χ0) is 14.4. The fourth-order valence-corrected chi connectivity index (χ4v) is 2.75. The normalized spacial score (nSPS) is 14.7. The first kappa shape index (κ1) is 16.8. The molecule has 0 radical (unpaired) electrons. The predicted octanol–water partition coefficient (Wildman–Crippen LogP) is 3.55. The van der Waals surface area contributed by atoms with Gasteiger partial charge in [-0.2, -0.15) is 11.8 Å². The van der Waals surface area contributed by atoms with Crippen molar-refractivity contribution in [2.45, 2.75) is 25.4 Å². The zero-order valence-electron chi connectivity index (χ0n) is 11.7. The number of nitrogens with zero attached hydrogens (tertiary/aromatic N) is 1. The van der Waals surface area contributed by atoms with Crippen LogP contribution < -0.4 is 5.73 Å². The molecule has 19 heavy (non-hydrogen) atoms. The Hall–Kier alpha value is -0.290. The molecule has 0 aromatic heterocycles. The van der Waals surface area contributed by atoms with E-state index in [0.29, 0.717) is 12.6 Å². The van der Waals surface area contributed by atoms with Crippen LogP contribution in [0, 0.1) is 5.82 Å². The Kier molecular flexibility index (Phi) is 7.15. The van der Waals surface area contributed by atoms with Gasteiger partial charge < -0.3 is 5.73 Å². The molecule has 1 aromatic rings. The van der Waals surface area contributed by atoms with E-state index in [2.05, 4.69) is 18.1 Å². The first-order chi connectivity index (χ1) is 9.01. The third-order valence-electron chi connectivity index (χ3n) is 3.48. The average molecular weight is 305 g/mol. The predicted molar refractivity (Wildman–Crippen MR) is 83.4 cm³/mol. The van der Waals surface area contributed by atoms with Crippen LogP contribution in [0.25, 0.3) is 0 Å². The molecule has 0 spiro atoms. The van der Waals surface area contributed by atoms with Crippen molar-refractivity contribution >= 4 is 23.4 Å². The van der Waals surface area contributed by atoms with Crippen LogP contribution in [0.1, 0.15) is 24.9 Å². The number of likely N-dealkylation sites (N-methyl/N-ethyl adjacent to an activating group) is 1. The molecule has 0 saturated heterocycles. The molecule has 2 atom stereocenters. The smallest absolute Gasteiger partial charge is 0.142 e. The number of halogens is 2. The van der Waals surface area contributed by atoms with Crippen molar-refractivity contribution in [3.63, 3.8) is 0 Å². The van der Waals surface area contributed by atoms with Crippen molar-refractivity contribution in [3.8, 4) is 0 Å². The van der Waals surface area contributed by atoms with E-state index >= 15 is 0 Å². The van der Waals surface area contributed by atoms with Crippen molar-refractivity contribution in [1.29, 1.82) is 0 Å². The highest BCUT2D eigenvalue weighted by atomic mass is 35.5. The maximum Gasteiger partial charge on any atom is 0.142 e. The second-order valence-corrected chi connectivity index (χ2v) is 6.11. The minimum absolute atomic E-state index is 0.0172. The lowest BCUT2D eigenvalue weighted by molar-refractivity contribution is 0.185. The quantitative estimate of drug-likeness (QED) is 0.835. The maximum atomic E-state index is 13.5. The highest BCUT2D eigenvalue weighted by molar-refractivity contribution is 7.98. The Labute approximate surface area is 124 Å². The summed E-state index contributed by atoms with van der Waals surface area (Å²) in [4.78, 5) is 2.21. The third kappa shape index (κ3) is 4.63. The summed E-state index contributed by atoms with van der Waals surface area (Å²) in [5.41, 5.74) is 6.74. The largest absolute Gasteiger partial charge is 0.329 e. The van der Waals surface area contributed by atoms with E-state index in [4.69, 9.17) is 17.3 Å². The van der Waals surface area contributed by atoms with Gasteiger partial charge in [0.2, 0.25) is 0 Å². The van der Waals surface area contributed by atoms with Crippen molar-refractivity contribution in [1.82, 2.24) is 4.90 Å². The van der Waals surface area contributed by atoms with Gasteiger partial charge in [0.05, 0.1) is 5.02 Å². The molecule has 1 rings (SSSR count). The van der Waals surface area contributed by atoms with Crippen LogP contribution in [0.15, 0.2) is 18.2 Å². The second kappa shape index (κ2) is 8.10. The van der Waals surface area contributed by atoms with Crippen molar-refractivity contribution in [2.75, 3.05) is 25.6 Å². The van der Waals surface area contributed by atoms with Crippen LogP contribution in [0.3, 0.4) is 0 Å². The highest BCUT2D eigenvalue weighted by Gasteiger charge is 2.20. The van der Waals surface area contributed by atoms with Crippen molar-refractivity contribution < 1.29 is 4.39 Å². The summed E-state index contributed by atoms with van der Waals surface area (Å²) in [6, 6.07) is 5.34. The van der Waals surface area contributed by atoms with E-state index in [0.717, 1.165) is 17.7 Å². The van der Waals surface area contributed by atoms with Gasteiger partial charge in [-0.25, -0.2) is 4.39 Å². The van der Waals surface area contributed by atoms with Crippen LogP contribution in [-0.4, -0.2) is 36.5 Å². The molecule has 0 saturated carbocycles. The lowest BCUT2D eigenvalue weighted by atomic mass is 10.0. The molecule has 2 nitrogen and oxygen atoms in total. The van der Waals surface area contributed by atoms with E-state index < -0.39 is 0 Å². The molecule has 108 valence electrons. The third-order valence-corrected chi connectivity index (χ3v) is 4.43. The Morgan fingerprint density at radius 2 is 2.16 bits per heavy atom. The molecule has 1 aromatic carbocycles. The molecule has 0 fully saturated rings. The van der Waals surface area contributed by atoms with E-state index in [1.807, 2.05) is 24.9 Å². The van der Waals surface area contributed by atoms with Crippen LogP contribution in [-0.2, 0) is 0 Å². The number of thioether (sulfide) groups is 1. The Morgan fingerprint density at radius 3 is 2.68 bits per heavy atom. The molecular weight excluding hydrogens is 283 g/mol. The Bertz CT molecular complexity index is 403. The van der Waals surface area contributed by atoms with E-state index in [1.54, 1.807) is 6.07 Å². The van der Waals surface area contributed by atoms with Gasteiger partial charge in [-0.05, 0) is 50.1 Å². The first-order valence-electron chi connectivity index (χ1n) is 6.37. The number of nitrogens with two attached hydrogens (primary N) is 1. The summed E-state index contributed by atoms with van der Waals surface area (Å²) in [6.07, 6.45) is 3.19. The fraction of sp³-hybridized carbons (Fsp3) is 0.571. The van der Waals surface area contributed by atoms with Gasteiger partial charge in [0.25, 0.3) is 0 Å². The summed E-state index contributed by atoms with van der Waals surface area (Å²) >= 11 is 7.55. The molecular formula is C14H22ClFN2S. The molecule has 0 aliphatic carbocycles. The van der Waals surface area contributed by atoms with Crippen LogP contribution in [0.2, 0.25) is 5.02 Å². The molecule has 2 N–H and O–H groups in total. The zero-order valence-corrected chi connectivity index (χ0v) is 13.3. The lowest BCUT2D eigenvalue weighted by Crippen LogP contribution is -2.37. The Morgan fingerprint density at radius 1 is 1.47 bits per heavy atom. The number of rotatable bonds is 7. The van der Waals surface area contributed by atoms with E-state index in [9.17, 15) is 4.39 Å². The standard InChI is InChI=1S/C14H22ClFN2S/c1-10(6-7-19-3)18(2)14(9-17)11-4-5-12(15)13(16)8-11/h4-5,8,10,14H,6-7,9,17H2,1-3H3. The van der Waals surface area contributed by atoms with Crippen molar-refractivity contribution in [2.24, 2.45) is 5.73 Å². The number of benzene rings is 1. The highest BCUT2D eigenvalue weighted by Crippen LogP contribution is 2.25. The lowest BCUT2D eigenvalue weighted by Gasteiger charge is -2.33. The van der Waals surface area contributed by atoms with Gasteiger partial charge in [-0.15, -0.1) is 0 Å². The first-order valence-corrected chi connectivity index (χ1v) is 8.14. The summed E-state index contributed by atoms with van der Waals surface area (Å²) in [6.45, 7) is 2.63. The maximum absolute atomic E-state index is 13.5. The van der Waals surface area contributed by atoms with Gasteiger partial charge in [0.15, 0.2) is 0 Å². The topological polar surface area (TPSA) is 29.3 Å². The van der Waals surface area contributed by atoms with E-state index in [-0.39, 0.29) is 16.9 Å². The van der Waals surface area contributed by atoms with Gasteiger partial charge in [0.1, 0.15) is 5.82 Å². The van der Waals surface area contributed by atoms with Crippen LogP contribution in [0.4, 0.5) is 4.39 Å². The van der Waals surface area contributed by atoms with E-state index in [1.165, 1.54) is 6.07 Å². The molecule has 0 aliphatic heterocycles. The van der Waals surface area contributed by atoms with Gasteiger partial charge in [0, 0.05) is 18.6 Å². The minimum Gasteiger partial charge on any atom is -0.329 e. The van der Waals surface area contributed by atoms with Gasteiger partial charge in [-0.3, -0.25) is 4.90 Å². The van der Waals surface area contributed by atoms with Gasteiger partial charge in [-0.1, -0.05) is 17.7 Å². The Balaban J connectivity index is 2.83. The molecule has 0 bridgehead atoms. The minimum atomic E-state index is -0.386. The summed E-state index contributed by atoms with van der Waals surface area (Å²) in [5, 5.41) is 0.151. The van der Waals surface area contributed by atoms with Crippen molar-refractivity contribution in [3.05, 3.63) is 34.6 Å². The van der Waals surface area contributed by atoms with Gasteiger partial charge >= 0.3 is 0 Å². The molecule has 2 unspecified atom stereocenters. The van der Waals surface area contributed by atoms with Crippen LogP contribution in [0.5, 0.6) is 0 Å². The summed E-state index contributed by atoms with van der Waals surface area (Å²) in [5.74, 6) is 0.723. The second-order valence-electron chi connectivity index (χ2n) is 4.72. The molecule has 0 aliphatic rings. The summed E-state index contributed by atoms with van der Waals surface area (Å²) < 4.78 is 13.5. The summed E-state index contributed by atoms with van der Waals surface area (Å²) in [7, 11) is 2.04. The number of hydrogen-bond donors (Lipinski definition) is 1. The average Bonchev–Trinajstić information content (AvgIpc) is 2.40. The monoisotopic (exact) mass is 304 g/mol. The number of hydrogen-bond acceptors (Lipinski definition) is 3.